The van der Waals surface area contributed by atoms with E-state index in [1.54, 1.807) is 0 Å². The lowest BCUT2D eigenvalue weighted by atomic mass is 9.91. The van der Waals surface area contributed by atoms with Crippen molar-refractivity contribution in [2.24, 2.45) is 0 Å². The van der Waals surface area contributed by atoms with Crippen molar-refractivity contribution in [2.75, 3.05) is 4.90 Å². The van der Waals surface area contributed by atoms with Crippen LogP contribution in [0.15, 0.2) is 169 Å². The van der Waals surface area contributed by atoms with Crippen LogP contribution in [0.5, 0.6) is 0 Å². The van der Waals surface area contributed by atoms with Gasteiger partial charge in [0.25, 0.3) is 0 Å². The second-order valence-electron chi connectivity index (χ2n) is 10.9. The number of thioether (sulfide) groups is 1. The van der Waals surface area contributed by atoms with Gasteiger partial charge in [0.15, 0.2) is 0 Å². The zero-order valence-corrected chi connectivity index (χ0v) is 23.9. The summed E-state index contributed by atoms with van der Waals surface area (Å²) in [5.41, 5.74) is 9.73. The van der Waals surface area contributed by atoms with Crippen LogP contribution in [0.1, 0.15) is 11.5 Å². The topological polar surface area (TPSA) is 3.24 Å². The number of hydrogen-bond donors (Lipinski definition) is 0. The lowest BCUT2D eigenvalue weighted by Crippen LogP contribution is -2.12. The Morgan fingerprint density at radius 2 is 1.21 bits per heavy atom. The van der Waals surface area contributed by atoms with Crippen LogP contribution in [0.2, 0.25) is 0 Å². The quantitative estimate of drug-likeness (QED) is 0.208. The molecule has 1 aliphatic heterocycles. The predicted octanol–water partition coefficient (Wildman–Crippen LogP) is 11.3. The molecule has 6 aromatic carbocycles. The molecule has 6 aromatic rings. The summed E-state index contributed by atoms with van der Waals surface area (Å²) in [6.45, 7) is 0. The van der Waals surface area contributed by atoms with Crippen LogP contribution >= 0.6 is 11.8 Å². The van der Waals surface area contributed by atoms with Gasteiger partial charge in [-0.3, -0.25) is 0 Å². The molecular weight excluding hydrogens is 527 g/mol. The molecule has 0 saturated carbocycles. The molecule has 2 atom stereocenters. The summed E-state index contributed by atoms with van der Waals surface area (Å²) in [7, 11) is 0. The molecule has 0 saturated heterocycles. The van der Waals surface area contributed by atoms with Crippen LogP contribution in [-0.2, 0) is 0 Å². The van der Waals surface area contributed by atoms with Gasteiger partial charge in [-0.15, -0.1) is 11.8 Å². The molecule has 0 amide bonds. The Bertz CT molecular complexity index is 1970. The van der Waals surface area contributed by atoms with E-state index >= 15 is 0 Å². The lowest BCUT2D eigenvalue weighted by molar-refractivity contribution is 0.880. The maximum Gasteiger partial charge on any atom is 0.0546 e. The van der Waals surface area contributed by atoms with E-state index in [9.17, 15) is 0 Å². The zero-order chi connectivity index (χ0) is 27.9. The van der Waals surface area contributed by atoms with Crippen LogP contribution in [0.25, 0.3) is 33.0 Å². The average Bonchev–Trinajstić information content (AvgIpc) is 3.44. The third-order valence-electron chi connectivity index (χ3n) is 8.38. The molecule has 2 aliphatic rings. The SMILES string of the molecule is C1=CC2Sc3ccc(N(c4ccccc4)c4cc(-c5ccc6ccccc6c5)ccc4-c4ccccc4)cc3C2C=C1. The van der Waals surface area contributed by atoms with Gasteiger partial charge in [-0.2, -0.15) is 0 Å². The molecule has 1 heterocycles. The van der Waals surface area contributed by atoms with Crippen LogP contribution in [0.4, 0.5) is 17.1 Å². The number of rotatable bonds is 5. The summed E-state index contributed by atoms with van der Waals surface area (Å²) in [5.74, 6) is 0.408. The first-order valence-corrected chi connectivity index (χ1v) is 15.4. The third kappa shape index (κ3) is 4.45. The predicted molar refractivity (Wildman–Crippen MR) is 180 cm³/mol. The highest BCUT2D eigenvalue weighted by Gasteiger charge is 2.32. The Balaban J connectivity index is 1.34. The smallest absolute Gasteiger partial charge is 0.0546 e. The molecule has 1 nitrogen and oxygen atoms in total. The Labute approximate surface area is 251 Å². The number of benzene rings is 6. The molecule has 2 unspecified atom stereocenters. The molecule has 0 spiro atoms. The van der Waals surface area contributed by atoms with Gasteiger partial charge in [0.2, 0.25) is 0 Å². The molecule has 0 fully saturated rings. The van der Waals surface area contributed by atoms with Gasteiger partial charge in [-0.25, -0.2) is 0 Å². The van der Waals surface area contributed by atoms with E-state index in [0.717, 1.165) is 5.69 Å². The first kappa shape index (κ1) is 25.0. The van der Waals surface area contributed by atoms with Crippen LogP contribution in [0.3, 0.4) is 0 Å². The van der Waals surface area contributed by atoms with Gasteiger partial charge >= 0.3 is 0 Å². The molecule has 0 N–H and O–H groups in total. The van der Waals surface area contributed by atoms with Gasteiger partial charge in [0.1, 0.15) is 0 Å². The summed E-state index contributed by atoms with van der Waals surface area (Å²) >= 11 is 1.98. The average molecular weight is 556 g/mol. The van der Waals surface area contributed by atoms with Crippen molar-refractivity contribution < 1.29 is 0 Å². The second-order valence-corrected chi connectivity index (χ2v) is 12.2. The minimum Gasteiger partial charge on any atom is -0.310 e. The summed E-state index contributed by atoms with van der Waals surface area (Å²) in [4.78, 5) is 3.82. The fourth-order valence-corrected chi connectivity index (χ4v) is 7.62. The number of para-hydroxylation sites is 1. The molecule has 1 aliphatic carbocycles. The lowest BCUT2D eigenvalue weighted by Gasteiger charge is -2.29. The molecule has 0 bridgehead atoms. The van der Waals surface area contributed by atoms with Crippen molar-refractivity contribution in [1.82, 2.24) is 0 Å². The normalized spacial score (nSPS) is 16.8. The van der Waals surface area contributed by atoms with Crippen molar-refractivity contribution in [3.05, 3.63) is 169 Å². The van der Waals surface area contributed by atoms with Crippen molar-refractivity contribution >= 4 is 39.6 Å². The van der Waals surface area contributed by atoms with E-state index in [1.807, 2.05) is 11.8 Å². The first-order chi connectivity index (χ1) is 20.8. The summed E-state index contributed by atoms with van der Waals surface area (Å²) < 4.78 is 0. The fourth-order valence-electron chi connectivity index (χ4n) is 6.30. The molecule has 8 rings (SSSR count). The number of nitrogens with zero attached hydrogens (tertiary/aromatic N) is 1. The van der Waals surface area contributed by atoms with Gasteiger partial charge in [0.05, 0.1) is 5.69 Å². The standard InChI is InChI=1S/C40H29NS/c1-3-12-29(13-4-1)35-23-21-32(31-20-19-28-11-7-8-14-30(28)25-31)26-38(35)41(33-15-5-2-6-16-33)34-22-24-40-37(27-34)36-17-9-10-18-39(36)42-40/h1-27,36,39H. The number of anilines is 3. The molecule has 0 aromatic heterocycles. The second kappa shape index (κ2) is 10.6. The number of hydrogen-bond acceptors (Lipinski definition) is 2. The summed E-state index contributed by atoms with van der Waals surface area (Å²) in [6, 6.07) is 50.8. The number of allylic oxidation sites excluding steroid dienone is 3. The van der Waals surface area contributed by atoms with Gasteiger partial charge in [-0.1, -0.05) is 121 Å². The van der Waals surface area contributed by atoms with Crippen LogP contribution in [0, 0.1) is 0 Å². The maximum atomic E-state index is 2.44. The molecule has 2 heteroatoms. The fraction of sp³-hybridized carbons (Fsp3) is 0.0500. The van der Waals surface area contributed by atoms with E-state index in [0.29, 0.717) is 11.2 Å². The Morgan fingerprint density at radius 1 is 0.500 bits per heavy atom. The van der Waals surface area contributed by atoms with E-state index in [-0.39, 0.29) is 0 Å². The molecule has 42 heavy (non-hydrogen) atoms. The molecular formula is C40H29NS. The van der Waals surface area contributed by atoms with E-state index < -0.39 is 0 Å². The summed E-state index contributed by atoms with van der Waals surface area (Å²) in [5, 5.41) is 2.99. The van der Waals surface area contributed by atoms with Crippen LogP contribution < -0.4 is 4.90 Å². The van der Waals surface area contributed by atoms with Gasteiger partial charge in [-0.05, 0) is 75.5 Å². The largest absolute Gasteiger partial charge is 0.310 e. The highest BCUT2D eigenvalue weighted by molar-refractivity contribution is 8.00. The minimum absolute atomic E-state index is 0.408. The van der Waals surface area contributed by atoms with Crippen molar-refractivity contribution in [1.29, 1.82) is 0 Å². The Kier molecular flexibility index (Phi) is 6.27. The van der Waals surface area contributed by atoms with E-state index in [2.05, 4.69) is 169 Å². The van der Waals surface area contributed by atoms with E-state index in [4.69, 9.17) is 0 Å². The first-order valence-electron chi connectivity index (χ1n) is 14.5. The maximum absolute atomic E-state index is 2.44. The van der Waals surface area contributed by atoms with Crippen molar-refractivity contribution in [2.45, 2.75) is 16.1 Å². The number of fused-ring (bicyclic) bond motifs is 4. The van der Waals surface area contributed by atoms with Gasteiger partial charge < -0.3 is 4.90 Å². The Hall–Kier alpha value is -4.79. The molecule has 200 valence electrons. The van der Waals surface area contributed by atoms with Gasteiger partial charge in [0, 0.05) is 33.0 Å². The zero-order valence-electron chi connectivity index (χ0n) is 23.1. The van der Waals surface area contributed by atoms with Crippen molar-refractivity contribution in [3.8, 4) is 22.3 Å². The highest BCUT2D eigenvalue weighted by atomic mass is 32.2. The summed E-state index contributed by atoms with van der Waals surface area (Å²) in [6.07, 6.45) is 9.07. The minimum atomic E-state index is 0.408. The third-order valence-corrected chi connectivity index (χ3v) is 9.73. The highest BCUT2D eigenvalue weighted by Crippen LogP contribution is 2.51. The monoisotopic (exact) mass is 555 g/mol. The van der Waals surface area contributed by atoms with E-state index in [1.165, 1.54) is 54.9 Å². The molecule has 0 radical (unpaired) electrons. The Morgan fingerprint density at radius 3 is 2.07 bits per heavy atom. The van der Waals surface area contributed by atoms with Crippen molar-refractivity contribution in [3.63, 3.8) is 0 Å². The van der Waals surface area contributed by atoms with Crippen LogP contribution in [-0.4, -0.2) is 5.25 Å².